The summed E-state index contributed by atoms with van der Waals surface area (Å²) in [6.45, 7) is 5.74. The summed E-state index contributed by atoms with van der Waals surface area (Å²) >= 11 is 0. The number of nitrogens with one attached hydrogen (secondary N) is 2. The molecule has 0 bridgehead atoms. The second kappa shape index (κ2) is 8.11. The zero-order valence-corrected chi connectivity index (χ0v) is 13.8. The van der Waals surface area contributed by atoms with Crippen molar-refractivity contribution in [1.29, 1.82) is 0 Å². The van der Waals surface area contributed by atoms with E-state index in [1.165, 1.54) is 0 Å². The molecule has 1 saturated heterocycles. The average molecular weight is 318 g/mol. The molecule has 0 amide bonds. The lowest BCUT2D eigenvalue weighted by Gasteiger charge is -2.19. The van der Waals surface area contributed by atoms with E-state index in [4.69, 9.17) is 0 Å². The van der Waals surface area contributed by atoms with Crippen molar-refractivity contribution in [2.45, 2.75) is 26.7 Å². The minimum atomic E-state index is -0.730. The second-order valence-corrected chi connectivity index (χ2v) is 6.58. The van der Waals surface area contributed by atoms with Crippen LogP contribution in [0, 0.1) is 17.8 Å². The molecule has 2 unspecified atom stereocenters. The van der Waals surface area contributed by atoms with Gasteiger partial charge in [0, 0.05) is 11.6 Å². The van der Waals surface area contributed by atoms with E-state index in [1.54, 1.807) is 0 Å². The minimum absolute atomic E-state index is 0.0111. The quantitative estimate of drug-likeness (QED) is 0.685. The Bertz CT molecular complexity index is 551. The average Bonchev–Trinajstić information content (AvgIpc) is 3.04. The highest BCUT2D eigenvalue weighted by Gasteiger charge is 2.30. The van der Waals surface area contributed by atoms with Crippen molar-refractivity contribution in [3.05, 3.63) is 29.8 Å². The smallest absolute Gasteiger partial charge is 0.307 e. The number of ketones is 1. The van der Waals surface area contributed by atoms with Gasteiger partial charge in [-0.3, -0.25) is 9.59 Å². The summed E-state index contributed by atoms with van der Waals surface area (Å²) in [5.74, 6) is -0.732. The number of Topliss-reactive ketones (excluding diaryl/α,β-unsaturated/α-hetero) is 1. The van der Waals surface area contributed by atoms with E-state index in [2.05, 4.69) is 10.6 Å². The van der Waals surface area contributed by atoms with Crippen molar-refractivity contribution < 1.29 is 14.7 Å². The first-order valence-corrected chi connectivity index (χ1v) is 8.26. The highest BCUT2D eigenvalue weighted by Crippen LogP contribution is 2.24. The van der Waals surface area contributed by atoms with Gasteiger partial charge >= 0.3 is 5.97 Å². The van der Waals surface area contributed by atoms with Crippen molar-refractivity contribution in [2.75, 3.05) is 25.0 Å². The predicted molar refractivity (Wildman–Crippen MR) is 90.6 cm³/mol. The molecule has 1 aromatic carbocycles. The van der Waals surface area contributed by atoms with Crippen LogP contribution in [0.15, 0.2) is 24.3 Å². The minimum Gasteiger partial charge on any atom is -0.481 e. The molecule has 1 heterocycles. The maximum atomic E-state index is 11.7. The maximum absolute atomic E-state index is 11.7. The third kappa shape index (κ3) is 5.06. The van der Waals surface area contributed by atoms with Crippen LogP contribution in [-0.2, 0) is 16.0 Å². The van der Waals surface area contributed by atoms with Gasteiger partial charge in [-0.05, 0) is 49.5 Å². The molecule has 0 aliphatic carbocycles. The number of hydrogen-bond donors (Lipinski definition) is 3. The van der Waals surface area contributed by atoms with Gasteiger partial charge in [-0.1, -0.05) is 26.0 Å². The van der Waals surface area contributed by atoms with Gasteiger partial charge in [0.2, 0.25) is 0 Å². The van der Waals surface area contributed by atoms with Crippen LogP contribution >= 0.6 is 0 Å². The van der Waals surface area contributed by atoms with E-state index in [1.807, 2.05) is 38.1 Å². The molecule has 1 fully saturated rings. The van der Waals surface area contributed by atoms with Gasteiger partial charge < -0.3 is 15.7 Å². The molecule has 2 atom stereocenters. The summed E-state index contributed by atoms with van der Waals surface area (Å²) in [6.07, 6.45) is 1.44. The molecule has 1 aliphatic rings. The van der Waals surface area contributed by atoms with Crippen LogP contribution in [0.25, 0.3) is 0 Å². The number of carbonyl (C=O) groups is 2. The molecule has 2 rings (SSSR count). The molecular weight excluding hydrogens is 292 g/mol. The van der Waals surface area contributed by atoms with Crippen LogP contribution < -0.4 is 10.6 Å². The van der Waals surface area contributed by atoms with Gasteiger partial charge in [0.05, 0.1) is 12.5 Å². The largest absolute Gasteiger partial charge is 0.481 e. The predicted octanol–water partition coefficient (Wildman–Crippen LogP) is 2.18. The molecule has 0 radical (unpaired) electrons. The zero-order chi connectivity index (χ0) is 16.8. The molecule has 3 N–H and O–H groups in total. The first kappa shape index (κ1) is 17.5. The van der Waals surface area contributed by atoms with Crippen LogP contribution in [-0.4, -0.2) is 36.5 Å². The fraction of sp³-hybridized carbons (Fsp3) is 0.556. The van der Waals surface area contributed by atoms with Crippen LogP contribution in [0.5, 0.6) is 0 Å². The van der Waals surface area contributed by atoms with E-state index in [0.717, 1.165) is 30.8 Å². The molecule has 0 aromatic heterocycles. The van der Waals surface area contributed by atoms with Crippen molar-refractivity contribution in [1.82, 2.24) is 5.32 Å². The molecule has 0 saturated carbocycles. The van der Waals surface area contributed by atoms with E-state index >= 15 is 0 Å². The van der Waals surface area contributed by atoms with Crippen molar-refractivity contribution >= 4 is 17.4 Å². The van der Waals surface area contributed by atoms with Gasteiger partial charge in [-0.2, -0.15) is 0 Å². The number of anilines is 1. The van der Waals surface area contributed by atoms with Crippen molar-refractivity contribution in [3.8, 4) is 0 Å². The summed E-state index contributed by atoms with van der Waals surface area (Å²) in [7, 11) is 0. The van der Waals surface area contributed by atoms with Gasteiger partial charge in [0.15, 0.2) is 5.78 Å². The first-order valence-electron chi connectivity index (χ1n) is 8.26. The molecule has 5 nitrogen and oxygen atoms in total. The van der Waals surface area contributed by atoms with Gasteiger partial charge in [0.25, 0.3) is 0 Å². The lowest BCUT2D eigenvalue weighted by molar-refractivity contribution is -0.143. The Morgan fingerprint density at radius 3 is 2.78 bits per heavy atom. The second-order valence-electron chi connectivity index (χ2n) is 6.58. The van der Waals surface area contributed by atoms with E-state index < -0.39 is 5.97 Å². The maximum Gasteiger partial charge on any atom is 0.307 e. The Morgan fingerprint density at radius 1 is 1.39 bits per heavy atom. The summed E-state index contributed by atoms with van der Waals surface area (Å²) in [4.78, 5) is 23.3. The molecule has 1 aliphatic heterocycles. The van der Waals surface area contributed by atoms with Crippen molar-refractivity contribution in [3.63, 3.8) is 0 Å². The fourth-order valence-corrected chi connectivity index (χ4v) is 2.93. The SMILES string of the molecule is CC(C)C(=O)CNc1cccc(CC(C(=O)O)C2CCNC2)c1. The lowest BCUT2D eigenvalue weighted by atomic mass is 9.86. The summed E-state index contributed by atoms with van der Waals surface area (Å²) in [5.41, 5.74) is 1.86. The van der Waals surface area contributed by atoms with Crippen molar-refractivity contribution in [2.24, 2.45) is 17.8 Å². The van der Waals surface area contributed by atoms with Crippen LogP contribution in [0.1, 0.15) is 25.8 Å². The van der Waals surface area contributed by atoms with E-state index in [-0.39, 0.29) is 23.5 Å². The Labute approximate surface area is 137 Å². The molecule has 1 aromatic rings. The Morgan fingerprint density at radius 2 is 2.17 bits per heavy atom. The van der Waals surface area contributed by atoms with Gasteiger partial charge in [0.1, 0.15) is 0 Å². The summed E-state index contributed by atoms with van der Waals surface area (Å²) in [6, 6.07) is 7.72. The normalized spacial score (nSPS) is 18.8. The number of aliphatic carboxylic acids is 1. The van der Waals surface area contributed by atoms with E-state index in [0.29, 0.717) is 13.0 Å². The Balaban J connectivity index is 2.00. The topological polar surface area (TPSA) is 78.4 Å². The molecular formula is C18H26N2O3. The Kier molecular flexibility index (Phi) is 6.16. The number of rotatable bonds is 8. The van der Waals surface area contributed by atoms with Crippen LogP contribution in [0.3, 0.4) is 0 Å². The zero-order valence-electron chi connectivity index (χ0n) is 13.8. The highest BCUT2D eigenvalue weighted by atomic mass is 16.4. The monoisotopic (exact) mass is 318 g/mol. The molecule has 23 heavy (non-hydrogen) atoms. The highest BCUT2D eigenvalue weighted by molar-refractivity contribution is 5.84. The van der Waals surface area contributed by atoms with E-state index in [9.17, 15) is 14.7 Å². The standard InChI is InChI=1S/C18H26N2O3/c1-12(2)17(21)11-20-15-5-3-4-13(8-15)9-16(18(22)23)14-6-7-19-10-14/h3-5,8,12,14,16,19-20H,6-7,9-11H2,1-2H3,(H,22,23). The Hall–Kier alpha value is -1.88. The third-order valence-electron chi connectivity index (χ3n) is 4.48. The summed E-state index contributed by atoms with van der Waals surface area (Å²) < 4.78 is 0. The first-order chi connectivity index (χ1) is 11.0. The third-order valence-corrected chi connectivity index (χ3v) is 4.48. The number of carbonyl (C=O) groups excluding carboxylic acids is 1. The summed E-state index contributed by atoms with van der Waals surface area (Å²) in [5, 5.41) is 15.9. The number of carboxylic acid groups (broad SMARTS) is 1. The van der Waals surface area contributed by atoms with Gasteiger partial charge in [-0.15, -0.1) is 0 Å². The van der Waals surface area contributed by atoms with Crippen LogP contribution in [0.4, 0.5) is 5.69 Å². The number of hydrogen-bond acceptors (Lipinski definition) is 4. The fourth-order valence-electron chi connectivity index (χ4n) is 2.93. The number of benzene rings is 1. The molecule has 0 spiro atoms. The van der Waals surface area contributed by atoms with Crippen LogP contribution in [0.2, 0.25) is 0 Å². The molecule has 126 valence electrons. The molecule has 5 heteroatoms. The van der Waals surface area contributed by atoms with Gasteiger partial charge in [-0.25, -0.2) is 0 Å². The lowest BCUT2D eigenvalue weighted by Crippen LogP contribution is -2.27. The number of carboxylic acids is 1.